The minimum atomic E-state index is 0.125. The Labute approximate surface area is 130 Å². The van der Waals surface area contributed by atoms with Gasteiger partial charge in [-0.1, -0.05) is 39.0 Å². The quantitative estimate of drug-likeness (QED) is 0.928. The first kappa shape index (κ1) is 14.5. The van der Waals surface area contributed by atoms with E-state index in [2.05, 4.69) is 43.6 Å². The molecule has 2 heterocycles. The molecule has 0 spiro atoms. The number of aromatic nitrogens is 1. The van der Waals surface area contributed by atoms with Crippen molar-refractivity contribution in [3.63, 3.8) is 0 Å². The zero-order chi connectivity index (χ0) is 14.9. The van der Waals surface area contributed by atoms with Crippen molar-refractivity contribution >= 4 is 11.3 Å². The third-order valence-electron chi connectivity index (χ3n) is 3.78. The average molecular weight is 302 g/mol. The lowest BCUT2D eigenvalue weighted by Crippen LogP contribution is -2.26. The Hall–Kier alpha value is -1.39. The molecule has 0 amide bonds. The normalized spacial score (nSPS) is 18.1. The number of hydrogen-bond donors (Lipinski definition) is 1. The minimum Gasteiger partial charge on any atom is -0.493 e. The molecule has 0 bridgehead atoms. The van der Waals surface area contributed by atoms with Gasteiger partial charge >= 0.3 is 0 Å². The fourth-order valence-corrected chi connectivity index (χ4v) is 3.47. The van der Waals surface area contributed by atoms with Gasteiger partial charge in [0.2, 0.25) is 0 Å². The highest BCUT2D eigenvalue weighted by Crippen LogP contribution is 2.32. The molecule has 1 aromatic heterocycles. The molecule has 0 fully saturated rings. The first-order chi connectivity index (χ1) is 10.0. The van der Waals surface area contributed by atoms with E-state index >= 15 is 0 Å². The highest BCUT2D eigenvalue weighted by molar-refractivity contribution is 7.09. The largest absolute Gasteiger partial charge is 0.493 e. The first-order valence-corrected chi connectivity index (χ1v) is 8.32. The van der Waals surface area contributed by atoms with Crippen LogP contribution in [0.2, 0.25) is 0 Å². The van der Waals surface area contributed by atoms with Crippen molar-refractivity contribution in [3.05, 3.63) is 45.9 Å². The molecule has 4 heteroatoms. The van der Waals surface area contributed by atoms with Crippen molar-refractivity contribution in [1.29, 1.82) is 0 Å². The maximum atomic E-state index is 5.70. The van der Waals surface area contributed by atoms with Crippen LogP contribution in [0.25, 0.3) is 0 Å². The molecule has 0 saturated heterocycles. The molecule has 2 aromatic rings. The van der Waals surface area contributed by atoms with E-state index < -0.39 is 0 Å². The molecule has 1 aliphatic heterocycles. The topological polar surface area (TPSA) is 34.1 Å². The van der Waals surface area contributed by atoms with Crippen molar-refractivity contribution in [2.75, 3.05) is 6.61 Å². The highest BCUT2D eigenvalue weighted by atomic mass is 32.1. The van der Waals surface area contributed by atoms with Crippen LogP contribution >= 0.6 is 11.3 Å². The summed E-state index contributed by atoms with van der Waals surface area (Å²) >= 11 is 1.74. The molecule has 0 saturated carbocycles. The molecule has 21 heavy (non-hydrogen) atoms. The van der Waals surface area contributed by atoms with Crippen molar-refractivity contribution in [2.45, 2.75) is 45.2 Å². The van der Waals surface area contributed by atoms with Gasteiger partial charge in [0.1, 0.15) is 10.8 Å². The van der Waals surface area contributed by atoms with E-state index in [0.717, 1.165) is 30.3 Å². The Morgan fingerprint density at radius 1 is 1.33 bits per heavy atom. The molecule has 1 unspecified atom stereocenters. The average Bonchev–Trinajstić information content (AvgIpc) is 2.94. The Morgan fingerprint density at radius 3 is 2.90 bits per heavy atom. The summed E-state index contributed by atoms with van der Waals surface area (Å²) in [7, 11) is 0. The third-order valence-corrected chi connectivity index (χ3v) is 4.63. The lowest BCUT2D eigenvalue weighted by Gasteiger charge is -2.26. The van der Waals surface area contributed by atoms with E-state index in [0.29, 0.717) is 6.04 Å². The predicted octanol–water partition coefficient (Wildman–Crippen LogP) is 4.05. The summed E-state index contributed by atoms with van der Waals surface area (Å²) in [5.41, 5.74) is 2.56. The van der Waals surface area contributed by atoms with Gasteiger partial charge in [-0.3, -0.25) is 0 Å². The molecule has 1 aromatic carbocycles. The molecule has 1 atom stereocenters. The zero-order valence-electron chi connectivity index (χ0n) is 12.8. The van der Waals surface area contributed by atoms with E-state index in [1.165, 1.54) is 11.3 Å². The lowest BCUT2D eigenvalue weighted by atomic mass is 9.93. The summed E-state index contributed by atoms with van der Waals surface area (Å²) in [5.74, 6) is 1.01. The van der Waals surface area contributed by atoms with Crippen LogP contribution in [-0.2, 0) is 12.0 Å². The summed E-state index contributed by atoms with van der Waals surface area (Å²) in [5, 5.41) is 6.96. The molecule has 1 N–H and O–H groups in total. The second kappa shape index (κ2) is 5.78. The van der Waals surface area contributed by atoms with Gasteiger partial charge in [-0.25, -0.2) is 4.98 Å². The lowest BCUT2D eigenvalue weighted by molar-refractivity contribution is 0.252. The van der Waals surface area contributed by atoms with Crippen molar-refractivity contribution in [2.24, 2.45) is 0 Å². The highest BCUT2D eigenvalue weighted by Gasteiger charge is 2.21. The molecule has 112 valence electrons. The number of fused-ring (bicyclic) bond motifs is 1. The Bertz CT molecular complexity index is 615. The van der Waals surface area contributed by atoms with Gasteiger partial charge in [-0.2, -0.15) is 0 Å². The van der Waals surface area contributed by atoms with Crippen LogP contribution in [-0.4, -0.2) is 11.6 Å². The second-order valence-electron chi connectivity index (χ2n) is 6.48. The van der Waals surface area contributed by atoms with Gasteiger partial charge in [-0.15, -0.1) is 11.3 Å². The van der Waals surface area contributed by atoms with Crippen LogP contribution in [0.4, 0.5) is 0 Å². The van der Waals surface area contributed by atoms with Crippen LogP contribution in [0.3, 0.4) is 0 Å². The number of thiazole rings is 1. The summed E-state index contributed by atoms with van der Waals surface area (Å²) in [6, 6.07) is 8.65. The fourth-order valence-electron chi connectivity index (χ4n) is 2.50. The summed E-state index contributed by atoms with van der Waals surface area (Å²) in [6.07, 6.45) is 1.01. The van der Waals surface area contributed by atoms with E-state index in [1.807, 2.05) is 12.1 Å². The van der Waals surface area contributed by atoms with Crippen LogP contribution in [0.1, 0.15) is 49.5 Å². The SMILES string of the molecule is CC(C)(C)c1csc(CNC2CCOc3ccccc32)n1. The van der Waals surface area contributed by atoms with E-state index in [9.17, 15) is 0 Å². The third kappa shape index (κ3) is 3.27. The van der Waals surface area contributed by atoms with Crippen LogP contribution in [0.5, 0.6) is 5.75 Å². The second-order valence-corrected chi connectivity index (χ2v) is 7.43. The zero-order valence-corrected chi connectivity index (χ0v) is 13.7. The Kier molecular flexibility index (Phi) is 4.00. The van der Waals surface area contributed by atoms with Gasteiger partial charge in [-0.05, 0) is 6.07 Å². The molecule has 1 aliphatic rings. The monoisotopic (exact) mass is 302 g/mol. The first-order valence-electron chi connectivity index (χ1n) is 7.44. The Morgan fingerprint density at radius 2 is 2.14 bits per heavy atom. The van der Waals surface area contributed by atoms with Crippen LogP contribution in [0.15, 0.2) is 29.6 Å². The number of rotatable bonds is 3. The van der Waals surface area contributed by atoms with E-state index in [1.54, 1.807) is 11.3 Å². The minimum absolute atomic E-state index is 0.125. The van der Waals surface area contributed by atoms with Gasteiger partial charge in [0.05, 0.1) is 12.3 Å². The number of ether oxygens (including phenoxy) is 1. The number of para-hydroxylation sites is 1. The Balaban J connectivity index is 1.68. The maximum absolute atomic E-state index is 5.70. The van der Waals surface area contributed by atoms with Gasteiger partial charge in [0.25, 0.3) is 0 Å². The smallest absolute Gasteiger partial charge is 0.124 e. The summed E-state index contributed by atoms with van der Waals surface area (Å²) < 4.78 is 5.70. The van der Waals surface area contributed by atoms with E-state index in [4.69, 9.17) is 9.72 Å². The number of nitrogens with one attached hydrogen (secondary N) is 1. The van der Waals surface area contributed by atoms with Crippen LogP contribution < -0.4 is 10.1 Å². The fraction of sp³-hybridized carbons (Fsp3) is 0.471. The standard InChI is InChI=1S/C17H22N2OS/c1-17(2,3)15-11-21-16(19-15)10-18-13-8-9-20-14-7-5-4-6-12(13)14/h4-7,11,13,18H,8-10H2,1-3H3. The summed E-state index contributed by atoms with van der Waals surface area (Å²) in [4.78, 5) is 4.75. The van der Waals surface area contributed by atoms with Gasteiger partial charge in [0, 0.05) is 35.4 Å². The molecule has 0 aliphatic carbocycles. The maximum Gasteiger partial charge on any atom is 0.124 e. The summed E-state index contributed by atoms with van der Waals surface area (Å²) in [6.45, 7) is 8.20. The molecule has 3 rings (SSSR count). The number of nitrogens with zero attached hydrogens (tertiary/aromatic N) is 1. The number of benzene rings is 1. The van der Waals surface area contributed by atoms with Crippen molar-refractivity contribution in [3.8, 4) is 5.75 Å². The van der Waals surface area contributed by atoms with Crippen molar-refractivity contribution < 1.29 is 4.74 Å². The molecule has 0 radical (unpaired) electrons. The molecule has 3 nitrogen and oxygen atoms in total. The van der Waals surface area contributed by atoms with Gasteiger partial charge < -0.3 is 10.1 Å². The molecular formula is C17H22N2OS. The van der Waals surface area contributed by atoms with Crippen molar-refractivity contribution in [1.82, 2.24) is 10.3 Å². The van der Waals surface area contributed by atoms with Crippen LogP contribution in [0, 0.1) is 0 Å². The van der Waals surface area contributed by atoms with Gasteiger partial charge in [0.15, 0.2) is 0 Å². The predicted molar refractivity (Wildman–Crippen MR) is 86.9 cm³/mol. The molecular weight excluding hydrogens is 280 g/mol. The number of hydrogen-bond acceptors (Lipinski definition) is 4. The van der Waals surface area contributed by atoms with E-state index in [-0.39, 0.29) is 5.41 Å².